The zero-order valence-electron chi connectivity index (χ0n) is 14.2. The van der Waals surface area contributed by atoms with Crippen LogP contribution in [0.15, 0.2) is 59.6 Å². The van der Waals surface area contributed by atoms with E-state index in [1.807, 2.05) is 37.3 Å². The number of aliphatic imine (C=N–C) groups is 1. The van der Waals surface area contributed by atoms with Crippen molar-refractivity contribution in [1.29, 1.82) is 0 Å². The van der Waals surface area contributed by atoms with Crippen molar-refractivity contribution in [2.24, 2.45) is 4.99 Å². The minimum atomic E-state index is 0.157. The fourth-order valence-electron chi connectivity index (χ4n) is 3.33. The van der Waals surface area contributed by atoms with E-state index in [0.29, 0.717) is 0 Å². The normalized spacial score (nSPS) is 14.7. The molecule has 2 N–H and O–H groups in total. The monoisotopic (exact) mass is 331 g/mol. The van der Waals surface area contributed by atoms with E-state index in [2.05, 4.69) is 39.2 Å². The first-order valence-electron chi connectivity index (χ1n) is 8.57. The van der Waals surface area contributed by atoms with Crippen LogP contribution in [0, 0.1) is 6.92 Å². The molecule has 2 heterocycles. The molecule has 0 bridgehead atoms. The molecule has 0 radical (unpaired) electrons. The fourth-order valence-corrected chi connectivity index (χ4v) is 3.33. The smallest absolute Gasteiger partial charge is 0.198 e. The van der Waals surface area contributed by atoms with E-state index in [0.717, 1.165) is 47.2 Å². The van der Waals surface area contributed by atoms with Gasteiger partial charge in [0.1, 0.15) is 0 Å². The van der Waals surface area contributed by atoms with E-state index in [-0.39, 0.29) is 5.88 Å². The molecule has 0 saturated heterocycles. The number of aryl methyl sites for hydroxylation is 1. The molecule has 0 amide bonds. The summed E-state index contributed by atoms with van der Waals surface area (Å²) in [5.41, 5.74) is 4.86. The van der Waals surface area contributed by atoms with Crippen molar-refractivity contribution >= 4 is 28.5 Å². The second-order valence-electron chi connectivity index (χ2n) is 6.37. The lowest BCUT2D eigenvalue weighted by atomic mass is 10.1. The minimum Gasteiger partial charge on any atom is -0.494 e. The molecule has 0 aliphatic carbocycles. The van der Waals surface area contributed by atoms with Gasteiger partial charge in [0.2, 0.25) is 0 Å². The maximum atomic E-state index is 10.2. The van der Waals surface area contributed by atoms with E-state index in [1.54, 1.807) is 6.21 Å². The van der Waals surface area contributed by atoms with Crippen LogP contribution in [0.2, 0.25) is 0 Å². The molecule has 1 aliphatic heterocycles. The van der Waals surface area contributed by atoms with Crippen LogP contribution in [-0.2, 0) is 0 Å². The number of hydrogen-bond donors (Lipinski definition) is 2. The number of H-pyrrole nitrogens is 1. The Labute approximate surface area is 147 Å². The molecule has 126 valence electrons. The minimum absolute atomic E-state index is 0.157. The summed E-state index contributed by atoms with van der Waals surface area (Å²) < 4.78 is 0. The highest BCUT2D eigenvalue weighted by Crippen LogP contribution is 2.29. The van der Waals surface area contributed by atoms with Gasteiger partial charge in [0.15, 0.2) is 5.88 Å². The van der Waals surface area contributed by atoms with Crippen LogP contribution in [0.3, 0.4) is 0 Å². The number of anilines is 1. The number of benzene rings is 2. The summed E-state index contributed by atoms with van der Waals surface area (Å²) in [6.07, 6.45) is 7.27. The second kappa shape index (κ2) is 6.48. The third-order valence-electron chi connectivity index (χ3n) is 4.67. The standard InChI is InChI=1S/C21H21N3O/c1-15-6-5-7-19-20(15)18(21(25)23-19)14-22-16-8-10-17(11-9-16)24-12-3-2-4-13-24/h2-3,5-11,14,23,25H,4,12-13H2,1H3. The van der Waals surface area contributed by atoms with E-state index in [1.165, 1.54) is 5.69 Å². The molecule has 0 saturated carbocycles. The maximum Gasteiger partial charge on any atom is 0.198 e. The zero-order chi connectivity index (χ0) is 17.2. The summed E-state index contributed by atoms with van der Waals surface area (Å²) >= 11 is 0. The average molecular weight is 331 g/mol. The third-order valence-corrected chi connectivity index (χ3v) is 4.67. The van der Waals surface area contributed by atoms with Crippen LogP contribution >= 0.6 is 0 Å². The fraction of sp³-hybridized carbons (Fsp3) is 0.190. The van der Waals surface area contributed by atoms with Crippen LogP contribution < -0.4 is 4.90 Å². The molecule has 25 heavy (non-hydrogen) atoms. The van der Waals surface area contributed by atoms with Gasteiger partial charge in [-0.2, -0.15) is 0 Å². The first-order valence-corrected chi connectivity index (χ1v) is 8.57. The van der Waals surface area contributed by atoms with Crippen LogP contribution in [0.4, 0.5) is 11.4 Å². The first kappa shape index (κ1) is 15.5. The molecule has 2 aromatic carbocycles. The van der Waals surface area contributed by atoms with Gasteiger partial charge >= 0.3 is 0 Å². The van der Waals surface area contributed by atoms with Gasteiger partial charge in [-0.1, -0.05) is 24.3 Å². The van der Waals surface area contributed by atoms with Crippen LogP contribution in [0.1, 0.15) is 17.5 Å². The molecular formula is C21H21N3O. The molecule has 1 aromatic heterocycles. The van der Waals surface area contributed by atoms with Crippen molar-refractivity contribution in [2.45, 2.75) is 13.3 Å². The molecule has 0 atom stereocenters. The number of aromatic amines is 1. The van der Waals surface area contributed by atoms with Gasteiger partial charge in [0.05, 0.1) is 11.3 Å². The predicted octanol–water partition coefficient (Wildman–Crippen LogP) is 4.70. The Morgan fingerprint density at radius 3 is 2.72 bits per heavy atom. The van der Waals surface area contributed by atoms with Gasteiger partial charge in [0.25, 0.3) is 0 Å². The molecule has 4 nitrogen and oxygen atoms in total. The lowest BCUT2D eigenvalue weighted by molar-refractivity contribution is 0.457. The van der Waals surface area contributed by atoms with E-state index >= 15 is 0 Å². The largest absolute Gasteiger partial charge is 0.494 e. The Bertz CT molecular complexity index is 951. The summed E-state index contributed by atoms with van der Waals surface area (Å²) in [6.45, 7) is 4.06. The van der Waals surface area contributed by atoms with Crippen LogP contribution in [-0.4, -0.2) is 29.4 Å². The van der Waals surface area contributed by atoms with Gasteiger partial charge in [-0.15, -0.1) is 0 Å². The second-order valence-corrected chi connectivity index (χ2v) is 6.37. The predicted molar refractivity (Wildman–Crippen MR) is 104 cm³/mol. The Kier molecular flexibility index (Phi) is 4.02. The van der Waals surface area contributed by atoms with Gasteiger partial charge in [-0.25, -0.2) is 0 Å². The molecule has 0 fully saturated rings. The van der Waals surface area contributed by atoms with Crippen LogP contribution in [0.5, 0.6) is 5.88 Å². The molecule has 3 aromatic rings. The van der Waals surface area contributed by atoms with Gasteiger partial charge < -0.3 is 15.0 Å². The van der Waals surface area contributed by atoms with E-state index in [4.69, 9.17) is 0 Å². The van der Waals surface area contributed by atoms with Crippen molar-refractivity contribution in [3.63, 3.8) is 0 Å². The van der Waals surface area contributed by atoms with Gasteiger partial charge in [-0.05, 0) is 49.2 Å². The Balaban J connectivity index is 1.60. The molecular weight excluding hydrogens is 310 g/mol. The number of nitrogens with one attached hydrogen (secondary N) is 1. The zero-order valence-corrected chi connectivity index (χ0v) is 14.2. The Morgan fingerprint density at radius 1 is 1.12 bits per heavy atom. The molecule has 4 rings (SSSR count). The van der Waals surface area contributed by atoms with Crippen LogP contribution in [0.25, 0.3) is 10.9 Å². The molecule has 4 heteroatoms. The average Bonchev–Trinajstić information content (AvgIpc) is 2.98. The SMILES string of the molecule is Cc1cccc2[nH]c(O)c(C=Nc3ccc(N4CC=CCC4)cc3)c12. The first-order chi connectivity index (χ1) is 12.2. The van der Waals surface area contributed by atoms with Crippen molar-refractivity contribution < 1.29 is 5.11 Å². The number of aromatic nitrogens is 1. The molecule has 0 spiro atoms. The summed E-state index contributed by atoms with van der Waals surface area (Å²) in [4.78, 5) is 9.91. The van der Waals surface area contributed by atoms with Crippen molar-refractivity contribution in [1.82, 2.24) is 4.98 Å². The number of aromatic hydroxyl groups is 1. The third kappa shape index (κ3) is 3.03. The number of hydrogen-bond acceptors (Lipinski definition) is 3. The lowest BCUT2D eigenvalue weighted by Crippen LogP contribution is -2.26. The van der Waals surface area contributed by atoms with E-state index < -0.39 is 0 Å². The van der Waals surface area contributed by atoms with E-state index in [9.17, 15) is 5.11 Å². The molecule has 0 unspecified atom stereocenters. The maximum absolute atomic E-state index is 10.2. The van der Waals surface area contributed by atoms with Gasteiger partial charge in [-0.3, -0.25) is 4.99 Å². The Hall–Kier alpha value is -3.01. The lowest BCUT2D eigenvalue weighted by Gasteiger charge is -2.25. The summed E-state index contributed by atoms with van der Waals surface area (Å²) in [5, 5.41) is 11.2. The number of fused-ring (bicyclic) bond motifs is 1. The topological polar surface area (TPSA) is 51.6 Å². The van der Waals surface area contributed by atoms with Crippen molar-refractivity contribution in [3.8, 4) is 5.88 Å². The van der Waals surface area contributed by atoms with Crippen molar-refractivity contribution in [2.75, 3.05) is 18.0 Å². The highest BCUT2D eigenvalue weighted by molar-refractivity contribution is 6.04. The summed E-state index contributed by atoms with van der Waals surface area (Å²) in [6, 6.07) is 14.2. The van der Waals surface area contributed by atoms with Crippen molar-refractivity contribution in [3.05, 3.63) is 65.7 Å². The number of nitrogens with zero attached hydrogens (tertiary/aromatic N) is 2. The number of rotatable bonds is 3. The summed E-state index contributed by atoms with van der Waals surface area (Å²) in [5.74, 6) is 0.157. The molecule has 1 aliphatic rings. The quantitative estimate of drug-likeness (QED) is 0.540. The Morgan fingerprint density at radius 2 is 1.96 bits per heavy atom. The highest BCUT2D eigenvalue weighted by Gasteiger charge is 2.11. The highest BCUT2D eigenvalue weighted by atomic mass is 16.3. The summed E-state index contributed by atoms with van der Waals surface area (Å²) in [7, 11) is 0. The van der Waals surface area contributed by atoms with Gasteiger partial charge in [0, 0.05) is 35.9 Å².